The molecule has 0 fully saturated rings. The lowest BCUT2D eigenvalue weighted by atomic mass is 10.2. The highest BCUT2D eigenvalue weighted by Gasteiger charge is 2.16. The highest BCUT2D eigenvalue weighted by molar-refractivity contribution is 5.97. The van der Waals surface area contributed by atoms with E-state index in [1.807, 2.05) is 19.3 Å². The van der Waals surface area contributed by atoms with E-state index < -0.39 is 0 Å². The fourth-order valence-electron chi connectivity index (χ4n) is 1.96. The number of primary amides is 1. The van der Waals surface area contributed by atoms with Gasteiger partial charge in [0.15, 0.2) is 0 Å². The van der Waals surface area contributed by atoms with E-state index in [1.165, 1.54) is 0 Å². The number of anilines is 1. The fourth-order valence-corrected chi connectivity index (χ4v) is 1.96. The van der Waals surface area contributed by atoms with Crippen LogP contribution in [-0.2, 0) is 7.05 Å². The van der Waals surface area contributed by atoms with Gasteiger partial charge in [0.1, 0.15) is 5.69 Å². The molecule has 0 saturated heterocycles. The van der Waals surface area contributed by atoms with Gasteiger partial charge in [-0.05, 0) is 18.9 Å². The molecule has 1 aromatic rings. The number of nitrogens with two attached hydrogens (primary N) is 1. The third-order valence-electron chi connectivity index (χ3n) is 2.61. The molecule has 1 rings (SSSR count). The van der Waals surface area contributed by atoms with Gasteiger partial charge >= 0.3 is 0 Å². The van der Waals surface area contributed by atoms with Gasteiger partial charge in [-0.15, -0.1) is 0 Å². The van der Waals surface area contributed by atoms with Crippen LogP contribution in [0.5, 0.6) is 0 Å². The monoisotopic (exact) mass is 223 g/mol. The van der Waals surface area contributed by atoms with Crippen LogP contribution in [0.15, 0.2) is 12.3 Å². The van der Waals surface area contributed by atoms with Gasteiger partial charge in [-0.3, -0.25) is 4.79 Å². The zero-order valence-electron chi connectivity index (χ0n) is 10.4. The molecular formula is C12H21N3O. The molecule has 1 amide bonds. The van der Waals surface area contributed by atoms with Crippen LogP contribution in [0.3, 0.4) is 0 Å². The average molecular weight is 223 g/mol. The summed E-state index contributed by atoms with van der Waals surface area (Å²) in [4.78, 5) is 13.6. The number of aromatic nitrogens is 1. The minimum Gasteiger partial charge on any atom is -0.370 e. The lowest BCUT2D eigenvalue weighted by Crippen LogP contribution is -2.28. The SMILES string of the molecule is CCCN(CCC)c1ccn(C)c1C(N)=O. The van der Waals surface area contributed by atoms with E-state index in [9.17, 15) is 4.79 Å². The summed E-state index contributed by atoms with van der Waals surface area (Å²) >= 11 is 0. The van der Waals surface area contributed by atoms with Crippen molar-refractivity contribution < 1.29 is 4.79 Å². The van der Waals surface area contributed by atoms with E-state index in [0.29, 0.717) is 5.69 Å². The number of rotatable bonds is 6. The predicted octanol–water partition coefficient (Wildman–Crippen LogP) is 1.75. The first-order valence-electron chi connectivity index (χ1n) is 5.81. The predicted molar refractivity (Wildman–Crippen MR) is 66.7 cm³/mol. The first kappa shape index (κ1) is 12.6. The summed E-state index contributed by atoms with van der Waals surface area (Å²) in [7, 11) is 1.85. The van der Waals surface area contributed by atoms with Gasteiger partial charge in [-0.2, -0.15) is 0 Å². The molecular weight excluding hydrogens is 202 g/mol. The number of amides is 1. The van der Waals surface area contributed by atoms with E-state index in [1.54, 1.807) is 4.57 Å². The van der Waals surface area contributed by atoms with E-state index in [-0.39, 0.29) is 5.91 Å². The zero-order chi connectivity index (χ0) is 12.1. The smallest absolute Gasteiger partial charge is 0.267 e. The van der Waals surface area contributed by atoms with Crippen LogP contribution in [0.25, 0.3) is 0 Å². The molecule has 1 heterocycles. The van der Waals surface area contributed by atoms with Crippen LogP contribution in [-0.4, -0.2) is 23.6 Å². The highest BCUT2D eigenvalue weighted by atomic mass is 16.1. The Bertz CT molecular complexity index is 351. The van der Waals surface area contributed by atoms with Crippen LogP contribution in [0.1, 0.15) is 37.2 Å². The van der Waals surface area contributed by atoms with Crippen molar-refractivity contribution in [3.63, 3.8) is 0 Å². The fraction of sp³-hybridized carbons (Fsp3) is 0.583. The minimum atomic E-state index is -0.361. The maximum atomic E-state index is 11.4. The normalized spacial score (nSPS) is 10.4. The second-order valence-corrected chi connectivity index (χ2v) is 4.01. The largest absolute Gasteiger partial charge is 0.370 e. The molecule has 0 unspecified atom stereocenters. The molecule has 0 bridgehead atoms. The van der Waals surface area contributed by atoms with Crippen molar-refractivity contribution in [2.75, 3.05) is 18.0 Å². The van der Waals surface area contributed by atoms with Crippen LogP contribution in [0.4, 0.5) is 5.69 Å². The Kier molecular flexibility index (Phi) is 4.40. The summed E-state index contributed by atoms with van der Waals surface area (Å²) in [6, 6.07) is 1.96. The van der Waals surface area contributed by atoms with Crippen molar-refractivity contribution in [2.45, 2.75) is 26.7 Å². The summed E-state index contributed by atoms with van der Waals surface area (Å²) in [5.41, 5.74) is 6.96. The molecule has 0 aliphatic carbocycles. The Morgan fingerprint density at radius 2 is 1.94 bits per heavy atom. The first-order chi connectivity index (χ1) is 7.61. The van der Waals surface area contributed by atoms with Crippen molar-refractivity contribution in [2.24, 2.45) is 12.8 Å². The van der Waals surface area contributed by atoms with Crippen LogP contribution >= 0.6 is 0 Å². The molecule has 90 valence electrons. The van der Waals surface area contributed by atoms with E-state index in [4.69, 9.17) is 5.73 Å². The lowest BCUT2D eigenvalue weighted by molar-refractivity contribution is 0.0993. The molecule has 1 aromatic heterocycles. The lowest BCUT2D eigenvalue weighted by Gasteiger charge is -2.23. The van der Waals surface area contributed by atoms with Crippen molar-refractivity contribution in [3.8, 4) is 0 Å². The van der Waals surface area contributed by atoms with E-state index in [2.05, 4.69) is 18.7 Å². The number of hydrogen-bond acceptors (Lipinski definition) is 2. The molecule has 0 aliphatic heterocycles. The molecule has 4 nitrogen and oxygen atoms in total. The van der Waals surface area contributed by atoms with Crippen molar-refractivity contribution in [1.29, 1.82) is 0 Å². The molecule has 0 aliphatic rings. The number of hydrogen-bond donors (Lipinski definition) is 1. The Morgan fingerprint density at radius 3 is 2.38 bits per heavy atom. The summed E-state index contributed by atoms with van der Waals surface area (Å²) < 4.78 is 1.79. The Labute approximate surface area is 97.0 Å². The van der Waals surface area contributed by atoms with Gasteiger partial charge in [0.2, 0.25) is 0 Å². The van der Waals surface area contributed by atoms with Gasteiger partial charge in [0, 0.05) is 26.3 Å². The molecule has 0 atom stereocenters. The molecule has 0 aromatic carbocycles. The van der Waals surface area contributed by atoms with Gasteiger partial charge < -0.3 is 15.2 Å². The number of aryl methyl sites for hydroxylation is 1. The van der Waals surface area contributed by atoms with Crippen LogP contribution < -0.4 is 10.6 Å². The standard InChI is InChI=1S/C12H21N3O/c1-4-7-15(8-5-2)10-6-9-14(3)11(10)12(13)16/h6,9H,4-5,7-8H2,1-3H3,(H2,13,16). The molecule has 0 radical (unpaired) electrons. The van der Waals surface area contributed by atoms with E-state index >= 15 is 0 Å². The summed E-state index contributed by atoms with van der Waals surface area (Å²) in [5.74, 6) is -0.361. The molecule has 4 heteroatoms. The third-order valence-corrected chi connectivity index (χ3v) is 2.61. The molecule has 16 heavy (non-hydrogen) atoms. The Hall–Kier alpha value is -1.45. The first-order valence-corrected chi connectivity index (χ1v) is 5.81. The third kappa shape index (κ3) is 2.56. The second kappa shape index (κ2) is 5.58. The average Bonchev–Trinajstić information content (AvgIpc) is 2.60. The topological polar surface area (TPSA) is 51.3 Å². The second-order valence-electron chi connectivity index (χ2n) is 4.01. The quantitative estimate of drug-likeness (QED) is 0.798. The van der Waals surface area contributed by atoms with E-state index in [0.717, 1.165) is 31.6 Å². The van der Waals surface area contributed by atoms with Crippen molar-refractivity contribution in [1.82, 2.24) is 4.57 Å². The van der Waals surface area contributed by atoms with Crippen LogP contribution in [0.2, 0.25) is 0 Å². The number of carbonyl (C=O) groups excluding carboxylic acids is 1. The zero-order valence-corrected chi connectivity index (χ0v) is 10.4. The highest BCUT2D eigenvalue weighted by Crippen LogP contribution is 2.21. The van der Waals surface area contributed by atoms with Crippen molar-refractivity contribution >= 4 is 11.6 Å². The van der Waals surface area contributed by atoms with Gasteiger partial charge in [-0.1, -0.05) is 13.8 Å². The summed E-state index contributed by atoms with van der Waals surface area (Å²) in [6.45, 7) is 6.18. The van der Waals surface area contributed by atoms with Gasteiger partial charge in [0.25, 0.3) is 5.91 Å². The molecule has 0 saturated carbocycles. The maximum absolute atomic E-state index is 11.4. The Morgan fingerprint density at radius 1 is 1.38 bits per heavy atom. The number of carbonyl (C=O) groups is 1. The minimum absolute atomic E-state index is 0.361. The Balaban J connectivity index is 3.03. The van der Waals surface area contributed by atoms with Gasteiger partial charge in [-0.25, -0.2) is 0 Å². The number of nitrogens with zero attached hydrogens (tertiary/aromatic N) is 2. The molecule has 2 N–H and O–H groups in total. The summed E-state index contributed by atoms with van der Waals surface area (Å²) in [6.07, 6.45) is 4.01. The summed E-state index contributed by atoms with van der Waals surface area (Å²) in [5, 5.41) is 0. The van der Waals surface area contributed by atoms with Gasteiger partial charge in [0.05, 0.1) is 5.69 Å². The molecule has 0 spiro atoms. The van der Waals surface area contributed by atoms with Crippen molar-refractivity contribution in [3.05, 3.63) is 18.0 Å². The maximum Gasteiger partial charge on any atom is 0.267 e. The van der Waals surface area contributed by atoms with Crippen LogP contribution in [0, 0.1) is 0 Å².